The molecule has 0 unspecified atom stereocenters. The standard InChI is InChI=1S/C15H19N3O2/c1-10(2)8-14-17-15(20-18-14)9-16-13-6-4-12(5-7-13)11(3)19/h4-7,10,16H,8-9H2,1-3H3. The first-order chi connectivity index (χ1) is 9.54. The number of rotatable bonds is 6. The third-order valence-electron chi connectivity index (χ3n) is 2.84. The monoisotopic (exact) mass is 273 g/mol. The van der Waals surface area contributed by atoms with Crippen LogP contribution in [0.25, 0.3) is 0 Å². The van der Waals surface area contributed by atoms with Gasteiger partial charge in [0, 0.05) is 17.7 Å². The van der Waals surface area contributed by atoms with Gasteiger partial charge in [-0.1, -0.05) is 19.0 Å². The molecule has 0 spiro atoms. The minimum Gasteiger partial charge on any atom is -0.376 e. The van der Waals surface area contributed by atoms with E-state index in [9.17, 15) is 4.79 Å². The molecule has 2 rings (SSSR count). The summed E-state index contributed by atoms with van der Waals surface area (Å²) in [6.07, 6.45) is 0.816. The van der Waals surface area contributed by atoms with Crippen LogP contribution in [0.4, 0.5) is 5.69 Å². The highest BCUT2D eigenvalue weighted by atomic mass is 16.5. The second kappa shape index (κ2) is 6.32. The Hall–Kier alpha value is -2.17. The number of Topliss-reactive ketones (excluding diaryl/α,β-unsaturated/α-hetero) is 1. The van der Waals surface area contributed by atoms with Crippen LogP contribution in [-0.4, -0.2) is 15.9 Å². The van der Waals surface area contributed by atoms with Gasteiger partial charge in [-0.15, -0.1) is 0 Å². The first-order valence-electron chi connectivity index (χ1n) is 6.71. The molecule has 0 aliphatic carbocycles. The van der Waals surface area contributed by atoms with Crippen molar-refractivity contribution in [1.29, 1.82) is 0 Å². The normalized spacial score (nSPS) is 10.8. The van der Waals surface area contributed by atoms with Crippen molar-refractivity contribution < 1.29 is 9.32 Å². The van der Waals surface area contributed by atoms with Crippen LogP contribution in [0, 0.1) is 5.92 Å². The molecule has 20 heavy (non-hydrogen) atoms. The van der Waals surface area contributed by atoms with Gasteiger partial charge in [-0.25, -0.2) is 0 Å². The van der Waals surface area contributed by atoms with E-state index < -0.39 is 0 Å². The number of hydrogen-bond acceptors (Lipinski definition) is 5. The molecular weight excluding hydrogens is 254 g/mol. The van der Waals surface area contributed by atoms with Crippen molar-refractivity contribution in [2.24, 2.45) is 5.92 Å². The fraction of sp³-hybridized carbons (Fsp3) is 0.400. The van der Waals surface area contributed by atoms with Crippen molar-refractivity contribution in [3.8, 4) is 0 Å². The van der Waals surface area contributed by atoms with E-state index in [4.69, 9.17) is 4.52 Å². The highest BCUT2D eigenvalue weighted by Crippen LogP contribution is 2.12. The topological polar surface area (TPSA) is 68.0 Å². The molecule has 0 saturated heterocycles. The van der Waals surface area contributed by atoms with Crippen molar-refractivity contribution >= 4 is 11.5 Å². The van der Waals surface area contributed by atoms with E-state index in [1.807, 2.05) is 12.1 Å². The predicted molar refractivity (Wildman–Crippen MR) is 76.6 cm³/mol. The van der Waals surface area contributed by atoms with E-state index in [1.165, 1.54) is 0 Å². The summed E-state index contributed by atoms with van der Waals surface area (Å²) in [5.41, 5.74) is 1.62. The molecule has 0 fully saturated rings. The lowest BCUT2D eigenvalue weighted by Crippen LogP contribution is -2.01. The quantitative estimate of drug-likeness (QED) is 0.819. The minimum atomic E-state index is 0.0618. The number of carbonyl (C=O) groups excluding carboxylic acids is 1. The second-order valence-corrected chi connectivity index (χ2v) is 5.19. The zero-order valence-corrected chi connectivity index (χ0v) is 12.0. The third kappa shape index (κ3) is 3.91. The van der Waals surface area contributed by atoms with Crippen LogP contribution in [0.5, 0.6) is 0 Å². The predicted octanol–water partition coefficient (Wildman–Crippen LogP) is 3.08. The summed E-state index contributed by atoms with van der Waals surface area (Å²) in [6.45, 7) is 6.26. The Balaban J connectivity index is 1.91. The van der Waals surface area contributed by atoms with Crippen LogP contribution in [0.3, 0.4) is 0 Å². The van der Waals surface area contributed by atoms with Crippen LogP contribution in [0.1, 0.15) is 42.8 Å². The summed E-state index contributed by atoms with van der Waals surface area (Å²) in [5, 5.41) is 7.12. The van der Waals surface area contributed by atoms with Gasteiger partial charge < -0.3 is 9.84 Å². The Labute approximate surface area is 118 Å². The van der Waals surface area contributed by atoms with Crippen molar-refractivity contribution in [2.45, 2.75) is 33.7 Å². The number of hydrogen-bond donors (Lipinski definition) is 1. The molecule has 5 heteroatoms. The van der Waals surface area contributed by atoms with Gasteiger partial charge in [0.1, 0.15) is 0 Å². The maximum absolute atomic E-state index is 11.2. The lowest BCUT2D eigenvalue weighted by Gasteiger charge is -2.03. The van der Waals surface area contributed by atoms with Crippen molar-refractivity contribution in [3.05, 3.63) is 41.5 Å². The van der Waals surface area contributed by atoms with Crippen molar-refractivity contribution in [2.75, 3.05) is 5.32 Å². The van der Waals surface area contributed by atoms with Gasteiger partial charge in [-0.05, 0) is 37.1 Å². The molecule has 0 atom stereocenters. The van der Waals surface area contributed by atoms with Crippen LogP contribution in [0.2, 0.25) is 0 Å². The molecule has 0 aliphatic rings. The molecule has 1 heterocycles. The van der Waals surface area contributed by atoms with Gasteiger partial charge in [0.2, 0.25) is 5.89 Å². The van der Waals surface area contributed by atoms with Crippen LogP contribution >= 0.6 is 0 Å². The van der Waals surface area contributed by atoms with E-state index in [2.05, 4.69) is 29.3 Å². The second-order valence-electron chi connectivity index (χ2n) is 5.19. The summed E-state index contributed by atoms with van der Waals surface area (Å²) in [6, 6.07) is 7.32. The minimum absolute atomic E-state index is 0.0618. The molecule has 2 aromatic rings. The van der Waals surface area contributed by atoms with E-state index in [1.54, 1.807) is 19.1 Å². The molecule has 1 aromatic heterocycles. The van der Waals surface area contributed by atoms with E-state index in [0.717, 1.165) is 17.9 Å². The molecule has 0 aliphatic heterocycles. The zero-order valence-electron chi connectivity index (χ0n) is 12.0. The molecular formula is C15H19N3O2. The molecule has 5 nitrogen and oxygen atoms in total. The number of nitrogens with zero attached hydrogens (tertiary/aromatic N) is 2. The summed E-state index contributed by atoms with van der Waals surface area (Å²) >= 11 is 0. The van der Waals surface area contributed by atoms with Crippen LogP contribution in [-0.2, 0) is 13.0 Å². The van der Waals surface area contributed by atoms with Gasteiger partial charge in [0.05, 0.1) is 6.54 Å². The molecule has 1 N–H and O–H groups in total. The molecule has 0 bridgehead atoms. The zero-order chi connectivity index (χ0) is 14.5. The third-order valence-corrected chi connectivity index (χ3v) is 2.84. The Morgan fingerprint density at radius 3 is 2.60 bits per heavy atom. The first-order valence-corrected chi connectivity index (χ1v) is 6.71. The van der Waals surface area contributed by atoms with Crippen molar-refractivity contribution in [3.63, 3.8) is 0 Å². The molecule has 1 aromatic carbocycles. The average molecular weight is 273 g/mol. The average Bonchev–Trinajstić information content (AvgIpc) is 2.83. The maximum Gasteiger partial charge on any atom is 0.245 e. The Kier molecular flexibility index (Phi) is 4.50. The summed E-state index contributed by atoms with van der Waals surface area (Å²) < 4.78 is 5.17. The Morgan fingerprint density at radius 2 is 2.00 bits per heavy atom. The first kappa shape index (κ1) is 14.2. The smallest absolute Gasteiger partial charge is 0.245 e. The number of ketones is 1. The van der Waals surface area contributed by atoms with E-state index >= 15 is 0 Å². The molecule has 106 valence electrons. The van der Waals surface area contributed by atoms with Crippen LogP contribution < -0.4 is 5.32 Å². The summed E-state index contributed by atoms with van der Waals surface area (Å²) in [7, 11) is 0. The number of anilines is 1. The van der Waals surface area contributed by atoms with Gasteiger partial charge in [-0.3, -0.25) is 4.79 Å². The SMILES string of the molecule is CC(=O)c1ccc(NCc2nc(CC(C)C)no2)cc1. The summed E-state index contributed by atoms with van der Waals surface area (Å²) in [4.78, 5) is 15.5. The van der Waals surface area contributed by atoms with Gasteiger partial charge >= 0.3 is 0 Å². The largest absolute Gasteiger partial charge is 0.376 e. The number of nitrogens with one attached hydrogen (secondary N) is 1. The van der Waals surface area contributed by atoms with Gasteiger partial charge in [0.15, 0.2) is 11.6 Å². The van der Waals surface area contributed by atoms with E-state index in [0.29, 0.717) is 23.9 Å². The summed E-state index contributed by atoms with van der Waals surface area (Å²) in [5.74, 6) is 1.87. The van der Waals surface area contributed by atoms with Crippen molar-refractivity contribution in [1.82, 2.24) is 10.1 Å². The van der Waals surface area contributed by atoms with Gasteiger partial charge in [0.25, 0.3) is 0 Å². The lowest BCUT2D eigenvalue weighted by molar-refractivity contribution is 0.101. The number of carbonyl (C=O) groups is 1. The lowest BCUT2D eigenvalue weighted by atomic mass is 10.1. The molecule has 0 saturated carbocycles. The highest BCUT2D eigenvalue weighted by Gasteiger charge is 2.07. The fourth-order valence-corrected chi connectivity index (χ4v) is 1.81. The highest BCUT2D eigenvalue weighted by molar-refractivity contribution is 5.94. The Morgan fingerprint density at radius 1 is 1.30 bits per heavy atom. The molecule has 0 radical (unpaired) electrons. The number of aromatic nitrogens is 2. The van der Waals surface area contributed by atoms with Gasteiger partial charge in [-0.2, -0.15) is 4.98 Å². The van der Waals surface area contributed by atoms with Crippen LogP contribution in [0.15, 0.2) is 28.8 Å². The number of benzene rings is 1. The Bertz CT molecular complexity index is 573. The molecule has 0 amide bonds. The fourth-order valence-electron chi connectivity index (χ4n) is 1.81. The van der Waals surface area contributed by atoms with E-state index in [-0.39, 0.29) is 5.78 Å². The maximum atomic E-state index is 11.2.